The number of hydrogen-bond donors (Lipinski definition) is 2. The Morgan fingerprint density at radius 2 is 1.77 bits per heavy atom. The summed E-state index contributed by atoms with van der Waals surface area (Å²) in [6.45, 7) is 19.8. The second-order valence-electron chi connectivity index (χ2n) is 14.1. The minimum absolute atomic E-state index is 0.00462. The van der Waals surface area contributed by atoms with Crippen LogP contribution in [0.4, 0.5) is 4.79 Å². The molecule has 0 aromatic heterocycles. The van der Waals surface area contributed by atoms with Crippen LogP contribution in [0.5, 0.6) is 5.75 Å². The van der Waals surface area contributed by atoms with Crippen LogP contribution in [-0.2, 0) is 20.9 Å². The van der Waals surface area contributed by atoms with Gasteiger partial charge in [-0.1, -0.05) is 33.8 Å². The number of piperidine rings is 1. The van der Waals surface area contributed by atoms with E-state index in [-0.39, 0.29) is 37.0 Å². The van der Waals surface area contributed by atoms with Crippen molar-refractivity contribution in [3.63, 3.8) is 0 Å². The molecule has 2 fully saturated rings. The van der Waals surface area contributed by atoms with E-state index in [4.69, 9.17) is 9.47 Å². The molecule has 2 N–H and O–H groups in total. The summed E-state index contributed by atoms with van der Waals surface area (Å²) in [4.78, 5) is 44.4. The van der Waals surface area contributed by atoms with E-state index in [1.54, 1.807) is 12.0 Å². The van der Waals surface area contributed by atoms with Gasteiger partial charge in [-0.25, -0.2) is 4.79 Å². The van der Waals surface area contributed by atoms with Crippen molar-refractivity contribution in [2.45, 2.75) is 111 Å². The summed E-state index contributed by atoms with van der Waals surface area (Å²) in [6.07, 6.45) is 4.77. The molecule has 3 atom stereocenters. The number of methoxy groups -OCH3 is 1. The molecule has 44 heavy (non-hydrogen) atoms. The van der Waals surface area contributed by atoms with Gasteiger partial charge in [-0.15, -0.1) is 0 Å². The summed E-state index contributed by atoms with van der Waals surface area (Å²) in [5.41, 5.74) is 2.02. The lowest BCUT2D eigenvalue weighted by Crippen LogP contribution is -2.54. The first kappa shape index (κ1) is 35.3. The molecule has 0 spiro atoms. The van der Waals surface area contributed by atoms with Gasteiger partial charge in [0.15, 0.2) is 0 Å². The molecule has 1 heterocycles. The van der Waals surface area contributed by atoms with Gasteiger partial charge in [-0.05, 0) is 89.5 Å². The zero-order valence-electron chi connectivity index (χ0n) is 28.3. The largest absolute Gasteiger partial charge is 0.497 e. The van der Waals surface area contributed by atoms with Crippen LogP contribution < -0.4 is 15.4 Å². The first-order valence-corrected chi connectivity index (χ1v) is 16.4. The highest BCUT2D eigenvalue weighted by atomic mass is 16.6. The lowest BCUT2D eigenvalue weighted by atomic mass is 9.87. The number of benzene rings is 1. The molecule has 3 amide bonds. The summed E-state index contributed by atoms with van der Waals surface area (Å²) in [5.74, 6) is -0.00437. The van der Waals surface area contributed by atoms with Gasteiger partial charge in [0.1, 0.15) is 11.4 Å². The van der Waals surface area contributed by atoms with Gasteiger partial charge in [0.25, 0.3) is 0 Å². The molecule has 2 aliphatic rings. The number of nitrogens with one attached hydrogen (secondary N) is 2. The molecule has 1 aromatic carbocycles. The van der Waals surface area contributed by atoms with E-state index in [2.05, 4.69) is 44.1 Å². The number of amides is 3. The third kappa shape index (κ3) is 10.7. The Bertz CT molecular complexity index is 1160. The molecule has 3 rings (SSSR count). The fourth-order valence-electron chi connectivity index (χ4n) is 5.84. The molecular formula is C35H56N4O5. The van der Waals surface area contributed by atoms with Crippen LogP contribution in [0, 0.1) is 17.8 Å². The molecular weight excluding hydrogens is 556 g/mol. The fraction of sp³-hybridized carbons (Fsp3) is 0.686. The average Bonchev–Trinajstić information content (AvgIpc) is 3.79. The highest BCUT2D eigenvalue weighted by Crippen LogP contribution is 2.34. The SMILES string of the molecule is C=C(NCCCC)c1cc(CN(C(=O)[C@@H]2C[C@H](C(=O)NC(C)CC(C)C)CN(C(=O)OC(C)(C)C)C2)C2CC2)cc(OC)c1. The molecule has 1 aliphatic heterocycles. The standard InChI is InChI=1S/C35H56N4O5/c1-10-11-14-36-25(5)27-16-26(17-31(19-27)43-9)20-39(30-12-13-30)33(41)29-18-28(32(40)37-24(4)15-23(2)3)21-38(22-29)34(42)44-35(6,7)8/h16-17,19,23-24,28-30,36H,5,10-15,18,20-22H2,1-4,6-9H3,(H,37,40)/t24?,28-,29+/m0/s1. The van der Waals surface area contributed by atoms with Crippen LogP contribution in [0.3, 0.4) is 0 Å². The van der Waals surface area contributed by atoms with Gasteiger partial charge in [0.2, 0.25) is 11.8 Å². The smallest absolute Gasteiger partial charge is 0.410 e. The number of hydrogen-bond acceptors (Lipinski definition) is 6. The number of carbonyl (C=O) groups is 3. The monoisotopic (exact) mass is 612 g/mol. The highest BCUT2D eigenvalue weighted by Gasteiger charge is 2.43. The van der Waals surface area contributed by atoms with Crippen LogP contribution in [0.1, 0.15) is 98.1 Å². The Kier molecular flexibility index (Phi) is 12.6. The van der Waals surface area contributed by atoms with Crippen molar-refractivity contribution in [2.24, 2.45) is 17.8 Å². The molecule has 1 unspecified atom stereocenters. The number of nitrogens with zero attached hydrogens (tertiary/aromatic N) is 2. The van der Waals surface area contributed by atoms with Crippen LogP contribution in [0.15, 0.2) is 24.8 Å². The van der Waals surface area contributed by atoms with E-state index >= 15 is 0 Å². The molecule has 9 heteroatoms. The zero-order valence-corrected chi connectivity index (χ0v) is 28.3. The van der Waals surface area contributed by atoms with E-state index in [0.717, 1.165) is 55.5 Å². The van der Waals surface area contributed by atoms with E-state index in [9.17, 15) is 14.4 Å². The second-order valence-corrected chi connectivity index (χ2v) is 14.1. The topological polar surface area (TPSA) is 100 Å². The lowest BCUT2D eigenvalue weighted by molar-refractivity contribution is -0.140. The van der Waals surface area contributed by atoms with Crippen molar-refractivity contribution >= 4 is 23.6 Å². The Hall–Kier alpha value is -3.23. The van der Waals surface area contributed by atoms with Gasteiger partial charge in [0.05, 0.1) is 18.9 Å². The molecule has 1 aromatic rings. The van der Waals surface area contributed by atoms with E-state index in [0.29, 0.717) is 24.6 Å². The maximum Gasteiger partial charge on any atom is 0.410 e. The van der Waals surface area contributed by atoms with Crippen molar-refractivity contribution in [2.75, 3.05) is 26.7 Å². The van der Waals surface area contributed by atoms with Gasteiger partial charge >= 0.3 is 6.09 Å². The first-order chi connectivity index (χ1) is 20.7. The van der Waals surface area contributed by atoms with Crippen LogP contribution >= 0.6 is 0 Å². The second kappa shape index (κ2) is 15.7. The third-order valence-corrected chi connectivity index (χ3v) is 8.08. The highest BCUT2D eigenvalue weighted by molar-refractivity contribution is 5.84. The van der Waals surface area contributed by atoms with Gasteiger partial charge < -0.3 is 29.9 Å². The Balaban J connectivity index is 1.84. The number of unbranched alkanes of at least 4 members (excludes halogenated alkanes) is 1. The Labute approximate surface area is 265 Å². The van der Waals surface area contributed by atoms with Crippen LogP contribution in [0.25, 0.3) is 5.70 Å². The van der Waals surface area contributed by atoms with E-state index in [1.165, 1.54) is 0 Å². The van der Waals surface area contributed by atoms with Crippen molar-refractivity contribution in [3.05, 3.63) is 35.9 Å². The maximum atomic E-state index is 14.3. The predicted molar refractivity (Wildman–Crippen MR) is 175 cm³/mol. The summed E-state index contributed by atoms with van der Waals surface area (Å²) in [7, 11) is 1.64. The summed E-state index contributed by atoms with van der Waals surface area (Å²) < 4.78 is 11.3. The molecule has 246 valence electrons. The number of carbonyl (C=O) groups excluding carboxylic acids is 3. The third-order valence-electron chi connectivity index (χ3n) is 8.08. The zero-order chi connectivity index (χ0) is 32.6. The quantitative estimate of drug-likeness (QED) is 0.251. The summed E-state index contributed by atoms with van der Waals surface area (Å²) in [6, 6.07) is 6.12. The minimum Gasteiger partial charge on any atom is -0.497 e. The van der Waals surface area contributed by atoms with Crippen molar-refractivity contribution in [1.29, 1.82) is 0 Å². The Morgan fingerprint density at radius 3 is 2.36 bits per heavy atom. The molecule has 0 radical (unpaired) electrons. The van der Waals surface area contributed by atoms with Crippen molar-refractivity contribution in [3.8, 4) is 5.75 Å². The molecule has 0 bridgehead atoms. The van der Waals surface area contributed by atoms with E-state index in [1.807, 2.05) is 44.7 Å². The maximum absolute atomic E-state index is 14.3. The van der Waals surface area contributed by atoms with E-state index < -0.39 is 23.5 Å². The normalized spacial score (nSPS) is 19.2. The van der Waals surface area contributed by atoms with Gasteiger partial charge in [-0.2, -0.15) is 0 Å². The molecule has 1 aliphatic carbocycles. The lowest BCUT2D eigenvalue weighted by Gasteiger charge is -2.39. The molecule has 1 saturated carbocycles. The number of likely N-dealkylation sites (tertiary alicyclic amines) is 1. The number of ether oxygens (including phenoxy) is 2. The van der Waals surface area contributed by atoms with Crippen LogP contribution in [0.2, 0.25) is 0 Å². The van der Waals surface area contributed by atoms with Gasteiger partial charge in [0, 0.05) is 49.5 Å². The minimum atomic E-state index is -0.683. The number of rotatable bonds is 14. The van der Waals surface area contributed by atoms with Gasteiger partial charge in [-0.3, -0.25) is 9.59 Å². The average molecular weight is 613 g/mol. The van der Waals surface area contributed by atoms with Crippen molar-refractivity contribution in [1.82, 2.24) is 20.4 Å². The Morgan fingerprint density at radius 1 is 1.09 bits per heavy atom. The summed E-state index contributed by atoms with van der Waals surface area (Å²) >= 11 is 0. The molecule has 9 nitrogen and oxygen atoms in total. The first-order valence-electron chi connectivity index (χ1n) is 16.4. The fourth-order valence-corrected chi connectivity index (χ4v) is 5.84. The predicted octanol–water partition coefficient (Wildman–Crippen LogP) is 5.97. The summed E-state index contributed by atoms with van der Waals surface area (Å²) in [5, 5.41) is 6.52. The van der Waals surface area contributed by atoms with Crippen LogP contribution in [-0.4, -0.2) is 72.1 Å². The molecule has 1 saturated heterocycles. The van der Waals surface area contributed by atoms with Crippen molar-refractivity contribution < 1.29 is 23.9 Å².